The van der Waals surface area contributed by atoms with E-state index in [4.69, 9.17) is 4.74 Å². The van der Waals surface area contributed by atoms with Crippen molar-refractivity contribution in [3.63, 3.8) is 0 Å². The van der Waals surface area contributed by atoms with Gasteiger partial charge in [0.1, 0.15) is 11.5 Å². The number of hydrogen-bond acceptors (Lipinski definition) is 1. The molecule has 1 nitrogen and oxygen atoms in total. The van der Waals surface area contributed by atoms with Crippen molar-refractivity contribution < 1.29 is 4.74 Å². The molecule has 178 valence electrons. The Morgan fingerprint density at radius 3 is 2.50 bits per heavy atom. The van der Waals surface area contributed by atoms with Crippen LogP contribution in [0, 0.1) is 18.8 Å². The zero-order valence-corrected chi connectivity index (χ0v) is 21.4. The number of allylic oxidation sites excluding steroid dienone is 4. The van der Waals surface area contributed by atoms with Gasteiger partial charge in [-0.25, -0.2) is 0 Å². The van der Waals surface area contributed by atoms with Gasteiger partial charge in [0.05, 0.1) is 0 Å². The summed E-state index contributed by atoms with van der Waals surface area (Å²) in [5.74, 6) is 3.23. The molecule has 4 aliphatic rings. The van der Waals surface area contributed by atoms with Crippen molar-refractivity contribution in [1.82, 2.24) is 0 Å². The minimum absolute atomic E-state index is 0.157. The molecular formula is C35H32O. The van der Waals surface area contributed by atoms with Gasteiger partial charge < -0.3 is 4.74 Å². The third-order valence-electron chi connectivity index (χ3n) is 9.58. The summed E-state index contributed by atoms with van der Waals surface area (Å²) < 4.78 is 6.79. The molecule has 3 aliphatic carbocycles. The highest BCUT2D eigenvalue weighted by Crippen LogP contribution is 2.66. The lowest BCUT2D eigenvalue weighted by molar-refractivity contribution is 0.227. The summed E-state index contributed by atoms with van der Waals surface area (Å²) in [5.41, 5.74) is 9.81. The van der Waals surface area contributed by atoms with Crippen LogP contribution in [0.25, 0.3) is 32.7 Å². The summed E-state index contributed by atoms with van der Waals surface area (Å²) >= 11 is 0. The van der Waals surface area contributed by atoms with Gasteiger partial charge >= 0.3 is 0 Å². The zero-order chi connectivity index (χ0) is 24.2. The van der Waals surface area contributed by atoms with Gasteiger partial charge in [-0.05, 0) is 90.4 Å². The molecule has 0 radical (unpaired) electrons. The molecule has 8 rings (SSSR count). The highest BCUT2D eigenvalue weighted by Gasteiger charge is 2.54. The Morgan fingerprint density at radius 1 is 0.806 bits per heavy atom. The van der Waals surface area contributed by atoms with E-state index in [-0.39, 0.29) is 5.41 Å². The van der Waals surface area contributed by atoms with Crippen LogP contribution in [-0.4, -0.2) is 0 Å². The lowest BCUT2D eigenvalue weighted by atomic mass is 9.56. The summed E-state index contributed by atoms with van der Waals surface area (Å²) in [6.45, 7) is 6.89. The topological polar surface area (TPSA) is 9.23 Å². The highest BCUT2D eigenvalue weighted by atomic mass is 16.5. The normalized spacial score (nSPS) is 24.2. The monoisotopic (exact) mass is 468 g/mol. The maximum atomic E-state index is 6.79. The molecule has 0 N–H and O–H groups in total. The van der Waals surface area contributed by atoms with E-state index in [2.05, 4.69) is 87.5 Å². The molecule has 0 bridgehead atoms. The fourth-order valence-electron chi connectivity index (χ4n) is 8.57. The highest BCUT2D eigenvalue weighted by molar-refractivity contribution is 6.13. The zero-order valence-electron chi connectivity index (χ0n) is 21.4. The van der Waals surface area contributed by atoms with Gasteiger partial charge in [0.15, 0.2) is 0 Å². The first kappa shape index (κ1) is 20.8. The number of rotatable bonds is 1. The van der Waals surface area contributed by atoms with E-state index in [1.165, 1.54) is 87.0 Å². The van der Waals surface area contributed by atoms with Crippen molar-refractivity contribution >= 4 is 21.5 Å². The molecule has 0 aromatic heterocycles. The quantitative estimate of drug-likeness (QED) is 0.238. The van der Waals surface area contributed by atoms with Crippen molar-refractivity contribution in [1.29, 1.82) is 0 Å². The van der Waals surface area contributed by atoms with Crippen molar-refractivity contribution in [3.05, 3.63) is 94.6 Å². The van der Waals surface area contributed by atoms with Crippen molar-refractivity contribution in [2.24, 2.45) is 11.8 Å². The average molecular weight is 469 g/mol. The van der Waals surface area contributed by atoms with Gasteiger partial charge in [0, 0.05) is 21.9 Å². The van der Waals surface area contributed by atoms with Gasteiger partial charge in [0.2, 0.25) is 0 Å². The third-order valence-corrected chi connectivity index (χ3v) is 9.58. The van der Waals surface area contributed by atoms with E-state index in [1.54, 1.807) is 5.57 Å². The van der Waals surface area contributed by atoms with Gasteiger partial charge in [-0.3, -0.25) is 0 Å². The van der Waals surface area contributed by atoms with E-state index < -0.39 is 0 Å². The number of fused-ring (bicyclic) bond motifs is 4. The molecule has 36 heavy (non-hydrogen) atoms. The van der Waals surface area contributed by atoms with Crippen LogP contribution in [0.15, 0.2) is 77.9 Å². The fraction of sp³-hybridized carbons (Fsp3) is 0.314. The molecule has 2 unspecified atom stereocenters. The molecule has 4 aromatic carbocycles. The molecule has 1 saturated carbocycles. The predicted molar refractivity (Wildman–Crippen MR) is 150 cm³/mol. The van der Waals surface area contributed by atoms with Crippen LogP contribution in [0.1, 0.15) is 62.6 Å². The summed E-state index contributed by atoms with van der Waals surface area (Å²) in [4.78, 5) is 0. The Morgan fingerprint density at radius 2 is 1.64 bits per heavy atom. The summed E-state index contributed by atoms with van der Waals surface area (Å²) in [6.07, 6.45) is 11.9. The van der Waals surface area contributed by atoms with E-state index >= 15 is 0 Å². The van der Waals surface area contributed by atoms with Gasteiger partial charge in [-0.15, -0.1) is 0 Å². The number of benzene rings is 4. The molecule has 0 amide bonds. The van der Waals surface area contributed by atoms with Crippen molar-refractivity contribution in [2.75, 3.05) is 0 Å². The summed E-state index contributed by atoms with van der Waals surface area (Å²) in [5, 5.41) is 5.27. The molecule has 2 atom stereocenters. The lowest BCUT2D eigenvalue weighted by Gasteiger charge is -2.46. The van der Waals surface area contributed by atoms with E-state index in [0.29, 0.717) is 11.8 Å². The Bertz CT molecular complexity index is 1680. The second-order valence-electron chi connectivity index (χ2n) is 11.8. The van der Waals surface area contributed by atoms with Crippen LogP contribution in [-0.2, 0) is 5.41 Å². The Balaban J connectivity index is 1.58. The molecule has 1 heteroatoms. The van der Waals surface area contributed by atoms with Crippen LogP contribution >= 0.6 is 0 Å². The maximum absolute atomic E-state index is 6.79. The van der Waals surface area contributed by atoms with E-state index in [9.17, 15) is 0 Å². The van der Waals surface area contributed by atoms with Gasteiger partial charge in [-0.2, -0.15) is 0 Å². The number of aryl methyl sites for hydroxylation is 1. The second-order valence-corrected chi connectivity index (χ2v) is 11.8. The maximum Gasteiger partial charge on any atom is 0.136 e. The van der Waals surface area contributed by atoms with E-state index in [0.717, 1.165) is 11.5 Å². The van der Waals surface area contributed by atoms with Crippen LogP contribution < -0.4 is 4.74 Å². The van der Waals surface area contributed by atoms with Gasteiger partial charge in [0.25, 0.3) is 0 Å². The average Bonchev–Trinajstić information content (AvgIpc) is 3.15. The molecular weight excluding hydrogens is 436 g/mol. The summed E-state index contributed by atoms with van der Waals surface area (Å²) in [6, 6.07) is 20.7. The Kier molecular flexibility index (Phi) is 4.12. The molecule has 1 aliphatic heterocycles. The predicted octanol–water partition coefficient (Wildman–Crippen LogP) is 9.78. The SMILES string of the molecule is CC1=CC2(c3ccc4cc(C)cc5c4c3-c3c(cc4ccccc4c32)O5)C(C2CCCCC2)C(C)=C1. The first-order valence-electron chi connectivity index (χ1n) is 13.8. The van der Waals surface area contributed by atoms with Gasteiger partial charge in [-0.1, -0.05) is 85.0 Å². The first-order valence-corrected chi connectivity index (χ1v) is 13.8. The third kappa shape index (κ3) is 2.51. The molecule has 1 fully saturated rings. The number of ether oxygens (including phenoxy) is 1. The molecule has 4 aromatic rings. The number of hydrogen-bond donors (Lipinski definition) is 0. The van der Waals surface area contributed by atoms with Crippen LogP contribution in [0.2, 0.25) is 0 Å². The van der Waals surface area contributed by atoms with Crippen molar-refractivity contribution in [3.8, 4) is 22.6 Å². The molecule has 0 saturated heterocycles. The first-order chi connectivity index (χ1) is 17.6. The Labute approximate surface area is 213 Å². The largest absolute Gasteiger partial charge is 0.456 e. The van der Waals surface area contributed by atoms with Crippen LogP contribution in [0.4, 0.5) is 0 Å². The van der Waals surface area contributed by atoms with Crippen molar-refractivity contribution in [2.45, 2.75) is 58.3 Å². The smallest absolute Gasteiger partial charge is 0.136 e. The standard InChI is InChI=1S/C35H32O/c1-20-16-25-13-14-27-31-30(25)28(17-20)36-29-18-24-11-7-8-12-26(24)34(32(29)31)35(27)19-21(2)15-22(3)33(35)23-9-5-4-6-10-23/h7-8,11-19,23,33H,4-6,9-10H2,1-3H3. The minimum Gasteiger partial charge on any atom is -0.456 e. The fourth-order valence-corrected chi connectivity index (χ4v) is 8.57. The minimum atomic E-state index is -0.157. The van der Waals surface area contributed by atoms with E-state index in [1.807, 2.05) is 0 Å². The molecule has 1 spiro atoms. The summed E-state index contributed by atoms with van der Waals surface area (Å²) in [7, 11) is 0. The van der Waals surface area contributed by atoms with Crippen LogP contribution in [0.5, 0.6) is 11.5 Å². The Hall–Kier alpha value is -3.32. The van der Waals surface area contributed by atoms with Crippen LogP contribution in [0.3, 0.4) is 0 Å². The molecule has 1 heterocycles. The lowest BCUT2D eigenvalue weighted by Crippen LogP contribution is -2.41. The second kappa shape index (κ2) is 7.13.